The van der Waals surface area contributed by atoms with E-state index >= 15 is 0 Å². The third-order valence-electron chi connectivity index (χ3n) is 4.11. The Morgan fingerprint density at radius 3 is 2.77 bits per heavy atom. The van der Waals surface area contributed by atoms with Crippen LogP contribution in [-0.2, 0) is 0 Å². The molecule has 0 spiro atoms. The van der Waals surface area contributed by atoms with Crippen LogP contribution in [0.15, 0.2) is 29.4 Å². The number of aliphatic hydroxyl groups is 2. The molecule has 0 amide bonds. The summed E-state index contributed by atoms with van der Waals surface area (Å²) in [5.74, 6) is 1.30. The fourth-order valence-corrected chi connectivity index (χ4v) is 2.80. The summed E-state index contributed by atoms with van der Waals surface area (Å²) in [7, 11) is 0. The molecule has 0 radical (unpaired) electrons. The molecule has 1 aliphatic rings. The van der Waals surface area contributed by atoms with E-state index in [9.17, 15) is 10.2 Å². The Balaban J connectivity index is 1.92. The van der Waals surface area contributed by atoms with Gasteiger partial charge in [0.2, 0.25) is 0 Å². The average molecular weight is 305 g/mol. The summed E-state index contributed by atoms with van der Waals surface area (Å²) in [4.78, 5) is 2.58. The predicted molar refractivity (Wildman–Crippen MR) is 83.5 cm³/mol. The van der Waals surface area contributed by atoms with Crippen molar-refractivity contribution >= 4 is 0 Å². The monoisotopic (exact) mass is 305 g/mol. The van der Waals surface area contributed by atoms with Crippen LogP contribution in [0.5, 0.6) is 5.75 Å². The number of aliphatic hydroxyl groups excluding tert-OH is 2. The van der Waals surface area contributed by atoms with Crippen LogP contribution in [0.1, 0.15) is 43.8 Å². The van der Waals surface area contributed by atoms with Crippen LogP contribution in [-0.4, -0.2) is 29.5 Å². The second-order valence-corrected chi connectivity index (χ2v) is 5.81. The van der Waals surface area contributed by atoms with Crippen molar-refractivity contribution in [1.82, 2.24) is 0 Å². The highest BCUT2D eigenvalue weighted by Gasteiger charge is 2.18. The highest BCUT2D eigenvalue weighted by molar-refractivity contribution is 5.30. The van der Waals surface area contributed by atoms with E-state index in [0.717, 1.165) is 0 Å². The molecular formula is C16H23N3O3. The molecule has 1 aliphatic carbocycles. The first-order chi connectivity index (χ1) is 10.7. The van der Waals surface area contributed by atoms with Gasteiger partial charge in [0.05, 0.1) is 19.3 Å². The van der Waals surface area contributed by atoms with Crippen LogP contribution < -0.4 is 4.74 Å². The summed E-state index contributed by atoms with van der Waals surface area (Å²) in [6, 6.07) is 7.08. The van der Waals surface area contributed by atoms with Gasteiger partial charge in [0.25, 0.3) is 0 Å². The van der Waals surface area contributed by atoms with Gasteiger partial charge in [0.15, 0.2) is 0 Å². The Morgan fingerprint density at radius 2 is 2.05 bits per heavy atom. The number of azide groups is 1. The summed E-state index contributed by atoms with van der Waals surface area (Å²) >= 11 is 0. The van der Waals surface area contributed by atoms with Gasteiger partial charge in [0, 0.05) is 4.91 Å². The van der Waals surface area contributed by atoms with Gasteiger partial charge in [-0.2, -0.15) is 0 Å². The van der Waals surface area contributed by atoms with E-state index < -0.39 is 12.2 Å². The Labute approximate surface area is 130 Å². The highest BCUT2D eigenvalue weighted by atomic mass is 16.5. The molecule has 6 nitrogen and oxygen atoms in total. The van der Waals surface area contributed by atoms with Crippen LogP contribution in [0.25, 0.3) is 10.4 Å². The maximum absolute atomic E-state index is 10.1. The molecule has 0 aromatic heterocycles. The van der Waals surface area contributed by atoms with Crippen molar-refractivity contribution in [2.75, 3.05) is 13.2 Å². The summed E-state index contributed by atoms with van der Waals surface area (Å²) in [5, 5.41) is 23.1. The van der Waals surface area contributed by atoms with E-state index in [2.05, 4.69) is 10.0 Å². The van der Waals surface area contributed by atoms with Crippen molar-refractivity contribution in [3.63, 3.8) is 0 Å². The zero-order chi connectivity index (χ0) is 15.8. The number of rotatable bonds is 7. The van der Waals surface area contributed by atoms with E-state index in [1.165, 1.54) is 32.1 Å². The molecule has 6 heteroatoms. The van der Waals surface area contributed by atoms with Gasteiger partial charge in [-0.3, -0.25) is 0 Å². The fourth-order valence-electron chi connectivity index (χ4n) is 2.80. The molecule has 22 heavy (non-hydrogen) atoms. The van der Waals surface area contributed by atoms with E-state index in [0.29, 0.717) is 23.8 Å². The second-order valence-electron chi connectivity index (χ2n) is 5.81. The van der Waals surface area contributed by atoms with Crippen molar-refractivity contribution in [2.24, 2.45) is 11.0 Å². The van der Waals surface area contributed by atoms with Crippen molar-refractivity contribution in [3.8, 4) is 5.75 Å². The minimum absolute atomic E-state index is 0.162. The minimum atomic E-state index is -1.12. The largest absolute Gasteiger partial charge is 0.493 e. The Hall–Kier alpha value is -1.75. The molecule has 2 atom stereocenters. The quantitative estimate of drug-likeness (QED) is 0.459. The summed E-state index contributed by atoms with van der Waals surface area (Å²) in [6.45, 7) is 0.533. The zero-order valence-electron chi connectivity index (χ0n) is 12.6. The van der Waals surface area contributed by atoms with E-state index in [-0.39, 0.29) is 6.54 Å². The molecule has 2 rings (SSSR count). The van der Waals surface area contributed by atoms with Gasteiger partial charge in [0.1, 0.15) is 11.9 Å². The predicted octanol–water partition coefficient (Wildman–Crippen LogP) is 3.35. The van der Waals surface area contributed by atoms with E-state index in [4.69, 9.17) is 10.3 Å². The lowest BCUT2D eigenvalue weighted by molar-refractivity contribution is 0.0242. The first kappa shape index (κ1) is 16.6. The molecule has 0 bridgehead atoms. The molecule has 1 aromatic carbocycles. The molecule has 120 valence electrons. The second kappa shape index (κ2) is 8.63. The van der Waals surface area contributed by atoms with Gasteiger partial charge < -0.3 is 14.9 Å². The lowest BCUT2D eigenvalue weighted by Gasteiger charge is -2.22. The molecule has 0 heterocycles. The smallest absolute Gasteiger partial charge is 0.119 e. The highest BCUT2D eigenvalue weighted by Crippen LogP contribution is 2.26. The number of hydrogen-bond donors (Lipinski definition) is 2. The van der Waals surface area contributed by atoms with Crippen LogP contribution >= 0.6 is 0 Å². The molecule has 2 N–H and O–H groups in total. The van der Waals surface area contributed by atoms with Gasteiger partial charge in [-0.05, 0) is 42.0 Å². The van der Waals surface area contributed by atoms with Crippen LogP contribution in [0.3, 0.4) is 0 Å². The van der Waals surface area contributed by atoms with Gasteiger partial charge in [-0.15, -0.1) is 0 Å². The Bertz CT molecular complexity index is 511. The lowest BCUT2D eigenvalue weighted by atomic mass is 9.90. The summed E-state index contributed by atoms with van der Waals surface area (Å²) < 4.78 is 5.82. The zero-order valence-corrected chi connectivity index (χ0v) is 12.6. The number of nitrogens with zero attached hydrogens (tertiary/aromatic N) is 3. The Kier molecular flexibility index (Phi) is 6.52. The maximum atomic E-state index is 10.1. The Morgan fingerprint density at radius 1 is 1.27 bits per heavy atom. The van der Waals surface area contributed by atoms with Crippen molar-refractivity contribution < 1.29 is 14.9 Å². The van der Waals surface area contributed by atoms with Crippen molar-refractivity contribution in [1.29, 1.82) is 0 Å². The molecule has 0 unspecified atom stereocenters. The number of hydrogen-bond acceptors (Lipinski definition) is 4. The van der Waals surface area contributed by atoms with Crippen LogP contribution in [0.2, 0.25) is 0 Å². The average Bonchev–Trinajstić information content (AvgIpc) is 2.58. The first-order valence-electron chi connectivity index (χ1n) is 7.80. The SMILES string of the molecule is [N-]=[N+]=NC[C@H](O)[C@@H](O)c1cccc(OCC2CCCCC2)c1. The molecule has 0 saturated heterocycles. The molecule has 1 saturated carbocycles. The minimum Gasteiger partial charge on any atom is -0.493 e. The molecule has 0 aliphatic heterocycles. The summed E-state index contributed by atoms with van der Waals surface area (Å²) in [6.07, 6.45) is 4.09. The molecular weight excluding hydrogens is 282 g/mol. The van der Waals surface area contributed by atoms with E-state index in [1.54, 1.807) is 18.2 Å². The topological polar surface area (TPSA) is 98.5 Å². The normalized spacial score (nSPS) is 18.3. The lowest BCUT2D eigenvalue weighted by Crippen LogP contribution is -2.21. The molecule has 1 fully saturated rings. The van der Waals surface area contributed by atoms with Crippen LogP contribution in [0.4, 0.5) is 0 Å². The van der Waals surface area contributed by atoms with E-state index in [1.807, 2.05) is 6.07 Å². The number of benzene rings is 1. The fraction of sp³-hybridized carbons (Fsp3) is 0.625. The van der Waals surface area contributed by atoms with Gasteiger partial charge in [-0.25, -0.2) is 0 Å². The standard InChI is InChI=1S/C16H23N3O3/c17-19-18-10-15(20)16(21)13-7-4-8-14(9-13)22-11-12-5-2-1-3-6-12/h4,7-9,12,15-16,20-21H,1-3,5-6,10-11H2/t15-,16-/m0/s1. The maximum Gasteiger partial charge on any atom is 0.119 e. The van der Waals surface area contributed by atoms with Gasteiger partial charge in [-0.1, -0.05) is 36.5 Å². The summed E-state index contributed by atoms with van der Waals surface area (Å²) in [5.41, 5.74) is 8.81. The van der Waals surface area contributed by atoms with Gasteiger partial charge >= 0.3 is 0 Å². The number of ether oxygens (including phenoxy) is 1. The van der Waals surface area contributed by atoms with Crippen molar-refractivity contribution in [2.45, 2.75) is 44.3 Å². The third kappa shape index (κ3) is 4.91. The molecule has 1 aromatic rings. The van der Waals surface area contributed by atoms with Crippen LogP contribution in [0, 0.1) is 5.92 Å². The van der Waals surface area contributed by atoms with Crippen molar-refractivity contribution in [3.05, 3.63) is 40.3 Å². The third-order valence-corrected chi connectivity index (χ3v) is 4.11. The first-order valence-corrected chi connectivity index (χ1v) is 7.80.